The van der Waals surface area contributed by atoms with Crippen molar-refractivity contribution in [3.63, 3.8) is 0 Å². The molecule has 0 aliphatic carbocycles. The Hall–Kier alpha value is -2.08. The van der Waals surface area contributed by atoms with Gasteiger partial charge in [0.15, 0.2) is 0 Å². The SMILES string of the molecule is CCCCn1c(C)c(C)c(S(=O)(=O)c2ccc(C)cc2)c1NC(=O)CC. The summed E-state index contributed by atoms with van der Waals surface area (Å²) in [5, 5.41) is 2.83. The minimum Gasteiger partial charge on any atom is -0.331 e. The molecule has 1 heterocycles. The summed E-state index contributed by atoms with van der Waals surface area (Å²) in [7, 11) is -3.73. The van der Waals surface area contributed by atoms with Gasteiger partial charge in [-0.15, -0.1) is 0 Å². The molecule has 1 aromatic heterocycles. The molecular formula is C20H28N2O3S. The molecule has 5 nitrogen and oxygen atoms in total. The molecule has 0 unspecified atom stereocenters. The Morgan fingerprint density at radius 3 is 2.23 bits per heavy atom. The first-order valence-corrected chi connectivity index (χ1v) is 10.5. The Morgan fingerprint density at radius 2 is 1.69 bits per heavy atom. The minimum absolute atomic E-state index is 0.194. The van der Waals surface area contributed by atoms with Gasteiger partial charge in [0, 0.05) is 18.7 Å². The second kappa shape index (κ2) is 8.08. The summed E-state index contributed by atoms with van der Waals surface area (Å²) in [5.41, 5.74) is 2.56. The lowest BCUT2D eigenvalue weighted by Gasteiger charge is -2.14. The van der Waals surface area contributed by atoms with Gasteiger partial charge in [0.1, 0.15) is 10.7 Å². The summed E-state index contributed by atoms with van der Waals surface area (Å²) in [4.78, 5) is 12.5. The highest BCUT2D eigenvalue weighted by Gasteiger charge is 2.30. The summed E-state index contributed by atoms with van der Waals surface area (Å²) in [6, 6.07) is 6.81. The molecule has 2 rings (SSSR count). The molecule has 1 N–H and O–H groups in total. The fourth-order valence-corrected chi connectivity index (χ4v) is 4.64. The number of amides is 1. The number of sulfone groups is 1. The van der Waals surface area contributed by atoms with E-state index in [9.17, 15) is 13.2 Å². The number of carbonyl (C=O) groups is 1. The van der Waals surface area contributed by atoms with Gasteiger partial charge in [-0.2, -0.15) is 0 Å². The maximum absolute atomic E-state index is 13.3. The van der Waals surface area contributed by atoms with Crippen molar-refractivity contribution in [1.29, 1.82) is 0 Å². The van der Waals surface area contributed by atoms with Crippen molar-refractivity contribution < 1.29 is 13.2 Å². The average Bonchev–Trinajstić information content (AvgIpc) is 2.84. The van der Waals surface area contributed by atoms with Crippen LogP contribution in [0.2, 0.25) is 0 Å². The molecule has 6 heteroatoms. The molecule has 0 saturated heterocycles. The Kier molecular flexibility index (Phi) is 6.29. The zero-order valence-corrected chi connectivity index (χ0v) is 17.0. The van der Waals surface area contributed by atoms with E-state index < -0.39 is 9.84 Å². The number of benzene rings is 1. The van der Waals surface area contributed by atoms with Crippen LogP contribution in [-0.4, -0.2) is 18.9 Å². The van der Waals surface area contributed by atoms with Crippen LogP contribution >= 0.6 is 0 Å². The average molecular weight is 377 g/mol. The van der Waals surface area contributed by atoms with Crippen molar-refractivity contribution in [1.82, 2.24) is 4.57 Å². The van der Waals surface area contributed by atoms with E-state index in [1.165, 1.54) is 0 Å². The molecule has 26 heavy (non-hydrogen) atoms. The van der Waals surface area contributed by atoms with E-state index in [1.807, 2.05) is 18.4 Å². The molecule has 1 amide bonds. The molecule has 0 saturated carbocycles. The van der Waals surface area contributed by atoms with Gasteiger partial charge in [0.2, 0.25) is 15.7 Å². The first-order valence-electron chi connectivity index (χ1n) is 9.05. The van der Waals surface area contributed by atoms with Gasteiger partial charge in [-0.05, 0) is 44.9 Å². The second-order valence-electron chi connectivity index (χ2n) is 6.61. The highest BCUT2D eigenvalue weighted by Crippen LogP contribution is 2.35. The molecule has 0 atom stereocenters. The van der Waals surface area contributed by atoms with E-state index in [0.29, 0.717) is 24.3 Å². The maximum atomic E-state index is 13.3. The number of nitrogens with zero attached hydrogens (tertiary/aromatic N) is 1. The lowest BCUT2D eigenvalue weighted by Crippen LogP contribution is -2.17. The minimum atomic E-state index is -3.73. The van der Waals surface area contributed by atoms with Crippen LogP contribution in [-0.2, 0) is 21.2 Å². The standard InChI is InChI=1S/C20H28N2O3S/c1-6-8-13-22-16(5)15(4)19(20(22)21-18(23)7-2)26(24,25)17-11-9-14(3)10-12-17/h9-12H,6-8,13H2,1-5H3,(H,21,23). The first-order chi connectivity index (χ1) is 12.2. The number of carbonyl (C=O) groups excluding carboxylic acids is 1. The van der Waals surface area contributed by atoms with E-state index in [-0.39, 0.29) is 15.7 Å². The van der Waals surface area contributed by atoms with Crippen LogP contribution in [0, 0.1) is 20.8 Å². The van der Waals surface area contributed by atoms with Gasteiger partial charge >= 0.3 is 0 Å². The van der Waals surface area contributed by atoms with Gasteiger partial charge in [-0.25, -0.2) is 8.42 Å². The van der Waals surface area contributed by atoms with Crippen LogP contribution in [0.3, 0.4) is 0 Å². The fourth-order valence-electron chi connectivity index (χ4n) is 2.94. The molecule has 0 bridgehead atoms. The van der Waals surface area contributed by atoms with Crippen LogP contribution in [0.1, 0.15) is 49.9 Å². The third-order valence-electron chi connectivity index (χ3n) is 4.69. The van der Waals surface area contributed by atoms with Crippen molar-refractivity contribution in [2.45, 2.75) is 70.2 Å². The quantitative estimate of drug-likeness (QED) is 0.779. The zero-order valence-electron chi connectivity index (χ0n) is 16.2. The number of rotatable bonds is 7. The van der Waals surface area contributed by atoms with Gasteiger partial charge in [-0.3, -0.25) is 4.79 Å². The zero-order chi connectivity index (χ0) is 19.5. The summed E-state index contributed by atoms with van der Waals surface area (Å²) in [6.45, 7) is 10.1. The van der Waals surface area contributed by atoms with E-state index in [4.69, 9.17) is 0 Å². The topological polar surface area (TPSA) is 68.2 Å². The predicted molar refractivity (Wildman–Crippen MR) is 104 cm³/mol. The number of hydrogen-bond donors (Lipinski definition) is 1. The highest BCUT2D eigenvalue weighted by atomic mass is 32.2. The number of anilines is 1. The Morgan fingerprint density at radius 1 is 1.08 bits per heavy atom. The molecule has 0 fully saturated rings. The molecule has 0 spiro atoms. The number of aryl methyl sites for hydroxylation is 1. The third-order valence-corrected chi connectivity index (χ3v) is 6.62. The molecule has 142 valence electrons. The van der Waals surface area contributed by atoms with Gasteiger partial charge in [0.25, 0.3) is 0 Å². The molecule has 2 aromatic rings. The smallest absolute Gasteiger partial charge is 0.225 e. The number of hydrogen-bond acceptors (Lipinski definition) is 3. The number of nitrogens with one attached hydrogen (secondary N) is 1. The predicted octanol–water partition coefficient (Wildman–Crippen LogP) is 4.39. The van der Waals surface area contributed by atoms with Crippen molar-refractivity contribution in [3.05, 3.63) is 41.1 Å². The van der Waals surface area contributed by atoms with E-state index in [2.05, 4.69) is 12.2 Å². The van der Waals surface area contributed by atoms with Crippen LogP contribution in [0.15, 0.2) is 34.1 Å². The lowest BCUT2D eigenvalue weighted by molar-refractivity contribution is -0.115. The van der Waals surface area contributed by atoms with Crippen LogP contribution in [0.4, 0.5) is 5.82 Å². The van der Waals surface area contributed by atoms with Gasteiger partial charge in [0.05, 0.1) is 4.90 Å². The van der Waals surface area contributed by atoms with Crippen molar-refractivity contribution in [2.75, 3.05) is 5.32 Å². The van der Waals surface area contributed by atoms with E-state index >= 15 is 0 Å². The Labute approximate surface area is 156 Å². The summed E-state index contributed by atoms with van der Waals surface area (Å²) < 4.78 is 28.6. The number of unbranched alkanes of at least 4 members (excludes halogenated alkanes) is 1. The largest absolute Gasteiger partial charge is 0.331 e. The Balaban J connectivity index is 2.69. The highest BCUT2D eigenvalue weighted by molar-refractivity contribution is 7.91. The lowest BCUT2D eigenvalue weighted by atomic mass is 10.2. The van der Waals surface area contributed by atoms with E-state index in [1.54, 1.807) is 38.1 Å². The molecule has 0 radical (unpaired) electrons. The fraction of sp³-hybridized carbons (Fsp3) is 0.450. The normalized spacial score (nSPS) is 11.6. The van der Waals surface area contributed by atoms with Crippen LogP contribution in [0.5, 0.6) is 0 Å². The van der Waals surface area contributed by atoms with Crippen molar-refractivity contribution in [2.24, 2.45) is 0 Å². The third kappa shape index (κ3) is 3.85. The monoisotopic (exact) mass is 376 g/mol. The first kappa shape index (κ1) is 20.2. The van der Waals surface area contributed by atoms with Crippen molar-refractivity contribution >= 4 is 21.6 Å². The number of aromatic nitrogens is 1. The van der Waals surface area contributed by atoms with Gasteiger partial charge < -0.3 is 9.88 Å². The molecular weight excluding hydrogens is 348 g/mol. The molecule has 0 aliphatic heterocycles. The second-order valence-corrected chi connectivity index (χ2v) is 8.50. The summed E-state index contributed by atoms with van der Waals surface area (Å²) in [6.07, 6.45) is 2.19. The molecule has 0 aliphatic rings. The summed E-state index contributed by atoms with van der Waals surface area (Å²) >= 11 is 0. The van der Waals surface area contributed by atoms with Crippen molar-refractivity contribution in [3.8, 4) is 0 Å². The summed E-state index contributed by atoms with van der Waals surface area (Å²) in [5.74, 6) is 0.196. The van der Waals surface area contributed by atoms with E-state index in [0.717, 1.165) is 24.1 Å². The van der Waals surface area contributed by atoms with Crippen LogP contribution in [0.25, 0.3) is 0 Å². The molecule has 1 aromatic carbocycles. The Bertz CT molecular complexity index is 894. The maximum Gasteiger partial charge on any atom is 0.225 e. The van der Waals surface area contributed by atoms with Crippen LogP contribution < -0.4 is 5.32 Å². The van der Waals surface area contributed by atoms with Gasteiger partial charge in [-0.1, -0.05) is 38.0 Å².